The summed E-state index contributed by atoms with van der Waals surface area (Å²) in [6.45, 7) is 2.60. The third kappa shape index (κ3) is 4.88. The number of carbonyl (C=O) groups excluding carboxylic acids is 3. The minimum absolute atomic E-state index is 0.146. The number of rotatable bonds is 4. The zero-order valence-corrected chi connectivity index (χ0v) is 21.3. The maximum Gasteiger partial charge on any atom is 0.255 e. The number of aromatic nitrogens is 1. The molecule has 3 amide bonds. The van der Waals surface area contributed by atoms with Crippen LogP contribution in [0.2, 0.25) is 0 Å². The molecule has 2 aromatic carbocycles. The quantitative estimate of drug-likeness (QED) is 0.517. The van der Waals surface area contributed by atoms with Crippen molar-refractivity contribution in [3.63, 3.8) is 0 Å². The van der Waals surface area contributed by atoms with Gasteiger partial charge in [-0.1, -0.05) is 18.2 Å². The number of fused-ring (bicyclic) bond motifs is 2. The van der Waals surface area contributed by atoms with Crippen LogP contribution >= 0.6 is 0 Å². The van der Waals surface area contributed by atoms with Crippen molar-refractivity contribution in [2.45, 2.75) is 63.1 Å². The van der Waals surface area contributed by atoms with E-state index in [2.05, 4.69) is 39.9 Å². The topological polar surface area (TPSA) is 101 Å². The van der Waals surface area contributed by atoms with Gasteiger partial charge >= 0.3 is 0 Å². The number of para-hydroxylation sites is 1. The van der Waals surface area contributed by atoms with Gasteiger partial charge in [0.25, 0.3) is 5.91 Å². The Balaban J connectivity index is 0.000000159. The number of hydrogen-bond donors (Lipinski definition) is 2. The van der Waals surface area contributed by atoms with Gasteiger partial charge in [-0.3, -0.25) is 24.7 Å². The standard InChI is InChI=1S/C18H20N2O4.C12H12N2/c21-16-8-7-15(17(22)19-16)20-10-11-9-13(5-6-14(11)18(20)23)24-12-3-1-2-4-12;1-2-4-12-11(3-1)10(5-6-14-12)9-7-13-8-9/h5-6,9,12,15H,1-4,7-8,10H2,(H,19,21,22);1-6,9,13H,7-8H2. The number of benzene rings is 2. The molecule has 8 nitrogen and oxygen atoms in total. The molecule has 7 rings (SSSR count). The molecule has 3 aromatic rings. The fourth-order valence-corrected chi connectivity index (χ4v) is 5.81. The highest BCUT2D eigenvalue weighted by molar-refractivity contribution is 6.05. The zero-order valence-electron chi connectivity index (χ0n) is 21.3. The second-order valence-electron chi connectivity index (χ2n) is 10.5. The summed E-state index contributed by atoms with van der Waals surface area (Å²) in [7, 11) is 0. The molecule has 4 heterocycles. The van der Waals surface area contributed by atoms with Crippen LogP contribution in [-0.2, 0) is 16.1 Å². The zero-order chi connectivity index (χ0) is 26.1. The Labute approximate surface area is 221 Å². The third-order valence-electron chi connectivity index (χ3n) is 8.00. The summed E-state index contributed by atoms with van der Waals surface area (Å²) >= 11 is 0. The first-order valence-electron chi connectivity index (χ1n) is 13.6. The minimum Gasteiger partial charge on any atom is -0.490 e. The molecular formula is C30H32N4O4. The number of ether oxygens (including phenoxy) is 1. The molecule has 1 unspecified atom stereocenters. The van der Waals surface area contributed by atoms with Crippen LogP contribution in [0.5, 0.6) is 5.75 Å². The summed E-state index contributed by atoms with van der Waals surface area (Å²) in [5.74, 6) is 0.677. The van der Waals surface area contributed by atoms with E-state index in [-0.39, 0.29) is 30.2 Å². The fraction of sp³-hybridized carbons (Fsp3) is 0.400. The number of nitrogens with one attached hydrogen (secondary N) is 2. The molecule has 4 aliphatic rings. The van der Waals surface area contributed by atoms with Crippen LogP contribution in [0.3, 0.4) is 0 Å². The minimum atomic E-state index is -0.568. The van der Waals surface area contributed by atoms with E-state index in [0.29, 0.717) is 24.4 Å². The number of amides is 3. The molecule has 1 saturated carbocycles. The Kier molecular flexibility index (Phi) is 6.81. The van der Waals surface area contributed by atoms with Crippen molar-refractivity contribution >= 4 is 28.6 Å². The van der Waals surface area contributed by atoms with Crippen molar-refractivity contribution < 1.29 is 19.1 Å². The monoisotopic (exact) mass is 512 g/mol. The first-order chi connectivity index (χ1) is 18.6. The summed E-state index contributed by atoms with van der Waals surface area (Å²) in [5.41, 5.74) is 4.06. The Morgan fingerprint density at radius 1 is 0.947 bits per heavy atom. The number of piperidine rings is 1. The van der Waals surface area contributed by atoms with Gasteiger partial charge in [0.05, 0.1) is 11.6 Å². The maximum absolute atomic E-state index is 12.6. The number of nitrogens with zero attached hydrogens (tertiary/aromatic N) is 2. The number of pyridine rings is 1. The van der Waals surface area contributed by atoms with E-state index in [1.165, 1.54) is 23.8 Å². The second-order valence-corrected chi connectivity index (χ2v) is 10.5. The molecule has 0 radical (unpaired) electrons. The van der Waals surface area contributed by atoms with Crippen LogP contribution in [0.4, 0.5) is 0 Å². The van der Waals surface area contributed by atoms with Gasteiger partial charge in [0.15, 0.2) is 0 Å². The summed E-state index contributed by atoms with van der Waals surface area (Å²) in [6, 6.07) is 15.5. The lowest BCUT2D eigenvalue weighted by Crippen LogP contribution is -2.52. The van der Waals surface area contributed by atoms with Gasteiger partial charge < -0.3 is 15.0 Å². The van der Waals surface area contributed by atoms with Gasteiger partial charge in [0, 0.05) is 49.1 Å². The molecule has 0 bridgehead atoms. The van der Waals surface area contributed by atoms with Gasteiger partial charge in [-0.2, -0.15) is 0 Å². The van der Waals surface area contributed by atoms with Crippen LogP contribution in [-0.4, -0.2) is 52.8 Å². The van der Waals surface area contributed by atoms with Crippen molar-refractivity contribution in [1.29, 1.82) is 0 Å². The highest BCUT2D eigenvalue weighted by Crippen LogP contribution is 2.32. The van der Waals surface area contributed by atoms with Crippen molar-refractivity contribution in [2.24, 2.45) is 0 Å². The normalized spacial score (nSPS) is 21.5. The number of hydrogen-bond acceptors (Lipinski definition) is 6. The summed E-state index contributed by atoms with van der Waals surface area (Å²) in [6.07, 6.45) is 7.41. The summed E-state index contributed by atoms with van der Waals surface area (Å²) in [5, 5.41) is 6.93. The second kappa shape index (κ2) is 10.5. The van der Waals surface area contributed by atoms with Crippen molar-refractivity contribution in [1.82, 2.24) is 20.5 Å². The molecule has 0 spiro atoms. The Morgan fingerprint density at radius 2 is 1.76 bits per heavy atom. The molecule has 2 N–H and O–H groups in total. The van der Waals surface area contributed by atoms with E-state index in [1.807, 2.05) is 24.4 Å². The molecular weight excluding hydrogens is 480 g/mol. The van der Waals surface area contributed by atoms with Gasteiger partial charge in [-0.25, -0.2) is 0 Å². The molecule has 1 atom stereocenters. The van der Waals surface area contributed by atoms with Crippen LogP contribution in [0.25, 0.3) is 10.9 Å². The van der Waals surface area contributed by atoms with Crippen LogP contribution in [0.15, 0.2) is 54.7 Å². The van der Waals surface area contributed by atoms with Crippen molar-refractivity contribution in [3.8, 4) is 5.75 Å². The molecule has 38 heavy (non-hydrogen) atoms. The predicted molar refractivity (Wildman–Crippen MR) is 143 cm³/mol. The molecule has 2 saturated heterocycles. The van der Waals surface area contributed by atoms with Crippen molar-refractivity contribution in [3.05, 3.63) is 71.4 Å². The highest BCUT2D eigenvalue weighted by Gasteiger charge is 2.39. The molecule has 196 valence electrons. The third-order valence-corrected chi connectivity index (χ3v) is 8.00. The van der Waals surface area contributed by atoms with Crippen molar-refractivity contribution in [2.75, 3.05) is 13.1 Å². The van der Waals surface area contributed by atoms with Crippen LogP contribution < -0.4 is 15.4 Å². The van der Waals surface area contributed by atoms with Crippen LogP contribution in [0.1, 0.15) is 65.9 Å². The number of imide groups is 1. The lowest BCUT2D eigenvalue weighted by atomic mass is 9.91. The van der Waals surface area contributed by atoms with E-state index in [9.17, 15) is 14.4 Å². The Bertz CT molecular complexity index is 1370. The summed E-state index contributed by atoms with van der Waals surface area (Å²) < 4.78 is 6.00. The smallest absolute Gasteiger partial charge is 0.255 e. The van der Waals surface area contributed by atoms with Gasteiger partial charge in [-0.15, -0.1) is 0 Å². The van der Waals surface area contributed by atoms with E-state index in [1.54, 1.807) is 11.0 Å². The molecule has 8 heteroatoms. The van der Waals surface area contributed by atoms with E-state index >= 15 is 0 Å². The molecule has 1 aliphatic carbocycles. The summed E-state index contributed by atoms with van der Waals surface area (Å²) in [4.78, 5) is 41.8. The molecule has 3 aliphatic heterocycles. The lowest BCUT2D eigenvalue weighted by Gasteiger charge is -2.29. The Hall–Kier alpha value is -3.78. The largest absolute Gasteiger partial charge is 0.490 e. The van der Waals surface area contributed by atoms with E-state index in [4.69, 9.17) is 4.74 Å². The van der Waals surface area contributed by atoms with E-state index < -0.39 is 6.04 Å². The Morgan fingerprint density at radius 3 is 2.53 bits per heavy atom. The predicted octanol–water partition coefficient (Wildman–Crippen LogP) is 3.69. The van der Waals surface area contributed by atoms with Gasteiger partial charge in [-0.05, 0) is 73.6 Å². The SMILES string of the molecule is O=C1CCC(N2Cc3cc(OC4CCCC4)ccc3C2=O)C(=O)N1.c1ccc2c(C3CNC3)ccnc2c1. The van der Waals surface area contributed by atoms with Crippen LogP contribution in [0, 0.1) is 0 Å². The first-order valence-corrected chi connectivity index (χ1v) is 13.6. The van der Waals surface area contributed by atoms with Gasteiger partial charge in [0.1, 0.15) is 11.8 Å². The van der Waals surface area contributed by atoms with Gasteiger partial charge in [0.2, 0.25) is 11.8 Å². The first kappa shape index (κ1) is 24.6. The lowest BCUT2D eigenvalue weighted by molar-refractivity contribution is -0.136. The van der Waals surface area contributed by atoms with E-state index in [0.717, 1.165) is 42.8 Å². The fourth-order valence-electron chi connectivity index (χ4n) is 5.81. The highest BCUT2D eigenvalue weighted by atomic mass is 16.5. The average molecular weight is 513 g/mol. The average Bonchev–Trinajstić information content (AvgIpc) is 3.51. The maximum atomic E-state index is 12.6. The molecule has 3 fully saturated rings. The number of carbonyl (C=O) groups is 3. The molecule has 1 aromatic heterocycles.